The zero-order valence-corrected chi connectivity index (χ0v) is 17.3. The molecular weight excluding hydrogens is 366 g/mol. The maximum Gasteiger partial charge on any atom is 0.274 e. The summed E-state index contributed by atoms with van der Waals surface area (Å²) >= 11 is 0. The van der Waals surface area contributed by atoms with Crippen LogP contribution in [-0.4, -0.2) is 59.1 Å². The molecule has 27 heavy (non-hydrogen) atoms. The van der Waals surface area contributed by atoms with Crippen molar-refractivity contribution < 1.29 is 9.59 Å². The van der Waals surface area contributed by atoms with E-state index in [1.807, 2.05) is 11.0 Å². The van der Waals surface area contributed by atoms with Gasteiger partial charge in [-0.3, -0.25) is 14.7 Å². The molecule has 2 aliphatic heterocycles. The second kappa shape index (κ2) is 9.06. The fourth-order valence-electron chi connectivity index (χ4n) is 3.67. The van der Waals surface area contributed by atoms with Crippen LogP contribution in [0.15, 0.2) is 6.07 Å². The average Bonchev–Trinajstić information content (AvgIpc) is 3.30. The number of nitrogens with zero attached hydrogens (tertiary/aromatic N) is 2. The second-order valence-electron chi connectivity index (χ2n) is 8.57. The first-order chi connectivity index (χ1) is 12.3. The van der Waals surface area contributed by atoms with Gasteiger partial charge in [0.2, 0.25) is 5.91 Å². The number of piperidine rings is 1. The lowest BCUT2D eigenvalue weighted by molar-refractivity contribution is -0.123. The normalized spacial score (nSPS) is 23.0. The standard InChI is InChI=1S/C19H31N5O2.ClH/c1-19(2,3)16-10-15(22-23-16)18(26)24-9-5-6-13(12-24)11-21-17(25)14-7-4-8-20-14;/h10,13-14,20H,4-9,11-12H2,1-3H3,(H,21,25)(H,22,23);1H. The van der Waals surface area contributed by atoms with Gasteiger partial charge >= 0.3 is 0 Å². The van der Waals surface area contributed by atoms with E-state index < -0.39 is 0 Å². The number of likely N-dealkylation sites (tertiary alicyclic amines) is 1. The van der Waals surface area contributed by atoms with Crippen molar-refractivity contribution in [2.75, 3.05) is 26.2 Å². The molecule has 1 aromatic rings. The molecule has 2 atom stereocenters. The van der Waals surface area contributed by atoms with Gasteiger partial charge in [0.1, 0.15) is 5.69 Å². The average molecular weight is 398 g/mol. The first-order valence-corrected chi connectivity index (χ1v) is 9.71. The van der Waals surface area contributed by atoms with E-state index in [4.69, 9.17) is 0 Å². The number of aromatic amines is 1. The van der Waals surface area contributed by atoms with Crippen LogP contribution in [0.4, 0.5) is 0 Å². The van der Waals surface area contributed by atoms with E-state index in [9.17, 15) is 9.59 Å². The Morgan fingerprint density at radius 3 is 2.70 bits per heavy atom. The van der Waals surface area contributed by atoms with Crippen LogP contribution >= 0.6 is 12.4 Å². The Balaban J connectivity index is 0.00000261. The number of hydrogen-bond donors (Lipinski definition) is 3. The highest BCUT2D eigenvalue weighted by Crippen LogP contribution is 2.22. The number of halogens is 1. The maximum atomic E-state index is 12.8. The topological polar surface area (TPSA) is 90.1 Å². The van der Waals surface area contributed by atoms with Crippen LogP contribution in [0.2, 0.25) is 0 Å². The fraction of sp³-hybridized carbons (Fsp3) is 0.737. The molecule has 3 heterocycles. The molecule has 0 aromatic carbocycles. The van der Waals surface area contributed by atoms with Gasteiger partial charge in [-0.25, -0.2) is 0 Å². The summed E-state index contributed by atoms with van der Waals surface area (Å²) in [5, 5.41) is 13.5. The number of aromatic nitrogens is 2. The summed E-state index contributed by atoms with van der Waals surface area (Å²) in [6, 6.07) is 1.82. The Morgan fingerprint density at radius 2 is 2.07 bits per heavy atom. The summed E-state index contributed by atoms with van der Waals surface area (Å²) < 4.78 is 0. The third kappa shape index (κ3) is 5.45. The van der Waals surface area contributed by atoms with Gasteiger partial charge < -0.3 is 15.5 Å². The SMILES string of the molecule is CC(C)(C)c1cc(C(=O)N2CCCC(CNC(=O)C3CCCN3)C2)n[nH]1.Cl. The summed E-state index contributed by atoms with van der Waals surface area (Å²) in [7, 11) is 0. The zero-order valence-electron chi connectivity index (χ0n) is 16.5. The van der Waals surface area contributed by atoms with Crippen LogP contribution in [0.1, 0.15) is 62.6 Å². The first kappa shape index (κ1) is 21.7. The minimum Gasteiger partial charge on any atom is -0.354 e. The van der Waals surface area contributed by atoms with Gasteiger partial charge in [-0.15, -0.1) is 12.4 Å². The summed E-state index contributed by atoms with van der Waals surface area (Å²) in [6.07, 6.45) is 3.97. The number of rotatable bonds is 4. The summed E-state index contributed by atoms with van der Waals surface area (Å²) in [4.78, 5) is 26.8. The number of H-pyrrole nitrogens is 1. The smallest absolute Gasteiger partial charge is 0.274 e. The molecule has 0 bridgehead atoms. The van der Waals surface area contributed by atoms with Crippen molar-refractivity contribution in [2.45, 2.75) is 57.9 Å². The first-order valence-electron chi connectivity index (χ1n) is 9.71. The van der Waals surface area contributed by atoms with Gasteiger partial charge in [-0.1, -0.05) is 20.8 Å². The highest BCUT2D eigenvalue weighted by molar-refractivity contribution is 5.92. The van der Waals surface area contributed by atoms with Gasteiger partial charge in [0.25, 0.3) is 5.91 Å². The molecule has 0 spiro atoms. The lowest BCUT2D eigenvalue weighted by Gasteiger charge is -2.32. The minimum atomic E-state index is -0.0610. The molecule has 0 radical (unpaired) electrons. The summed E-state index contributed by atoms with van der Waals surface area (Å²) in [5.74, 6) is 0.373. The molecule has 2 saturated heterocycles. The van der Waals surface area contributed by atoms with Gasteiger partial charge in [0.15, 0.2) is 0 Å². The Bertz CT molecular complexity index is 649. The van der Waals surface area contributed by atoms with Crippen molar-refractivity contribution >= 4 is 24.2 Å². The quantitative estimate of drug-likeness (QED) is 0.723. The fourth-order valence-corrected chi connectivity index (χ4v) is 3.67. The molecule has 2 amide bonds. The predicted octanol–water partition coefficient (Wildman–Crippen LogP) is 1.85. The van der Waals surface area contributed by atoms with Crippen molar-refractivity contribution in [3.05, 3.63) is 17.5 Å². The van der Waals surface area contributed by atoms with E-state index in [-0.39, 0.29) is 35.7 Å². The number of nitrogens with one attached hydrogen (secondary N) is 3. The van der Waals surface area contributed by atoms with Crippen LogP contribution in [-0.2, 0) is 10.2 Å². The molecule has 1 aromatic heterocycles. The highest BCUT2D eigenvalue weighted by Gasteiger charge is 2.28. The summed E-state index contributed by atoms with van der Waals surface area (Å²) in [5.41, 5.74) is 1.38. The van der Waals surface area contributed by atoms with E-state index in [0.29, 0.717) is 24.7 Å². The molecule has 152 valence electrons. The maximum absolute atomic E-state index is 12.8. The van der Waals surface area contributed by atoms with Crippen molar-refractivity contribution in [1.82, 2.24) is 25.7 Å². The zero-order chi connectivity index (χ0) is 18.7. The molecule has 0 aliphatic carbocycles. The van der Waals surface area contributed by atoms with E-state index in [1.165, 1.54) is 0 Å². The number of amides is 2. The van der Waals surface area contributed by atoms with E-state index in [1.54, 1.807) is 0 Å². The predicted molar refractivity (Wildman–Crippen MR) is 107 cm³/mol. The van der Waals surface area contributed by atoms with E-state index >= 15 is 0 Å². The Hall–Kier alpha value is -1.60. The monoisotopic (exact) mass is 397 g/mol. The van der Waals surface area contributed by atoms with Crippen molar-refractivity contribution in [3.8, 4) is 0 Å². The number of hydrogen-bond acceptors (Lipinski definition) is 4. The largest absolute Gasteiger partial charge is 0.354 e. The van der Waals surface area contributed by atoms with Crippen LogP contribution in [0.3, 0.4) is 0 Å². The Kier molecular flexibility index (Phi) is 7.28. The van der Waals surface area contributed by atoms with Crippen molar-refractivity contribution in [1.29, 1.82) is 0 Å². The molecule has 2 fully saturated rings. The van der Waals surface area contributed by atoms with E-state index in [2.05, 4.69) is 41.6 Å². The van der Waals surface area contributed by atoms with Crippen LogP contribution in [0.5, 0.6) is 0 Å². The second-order valence-corrected chi connectivity index (χ2v) is 8.57. The molecule has 3 N–H and O–H groups in total. The van der Waals surface area contributed by atoms with Gasteiger partial charge in [-0.05, 0) is 44.2 Å². The van der Waals surface area contributed by atoms with Crippen molar-refractivity contribution in [3.63, 3.8) is 0 Å². The molecule has 8 heteroatoms. The lowest BCUT2D eigenvalue weighted by Crippen LogP contribution is -2.46. The molecule has 0 saturated carbocycles. The van der Waals surface area contributed by atoms with Gasteiger partial charge in [0.05, 0.1) is 6.04 Å². The Labute approximate surface area is 167 Å². The van der Waals surface area contributed by atoms with Crippen LogP contribution < -0.4 is 10.6 Å². The molecule has 2 unspecified atom stereocenters. The highest BCUT2D eigenvalue weighted by atomic mass is 35.5. The summed E-state index contributed by atoms with van der Waals surface area (Å²) in [6.45, 7) is 9.26. The van der Waals surface area contributed by atoms with Gasteiger partial charge in [0, 0.05) is 30.7 Å². The van der Waals surface area contributed by atoms with E-state index in [0.717, 1.165) is 44.5 Å². The lowest BCUT2D eigenvalue weighted by atomic mass is 9.92. The number of carbonyl (C=O) groups excluding carboxylic acids is 2. The third-order valence-electron chi connectivity index (χ3n) is 5.35. The minimum absolute atomic E-state index is 0. The van der Waals surface area contributed by atoms with Crippen molar-refractivity contribution in [2.24, 2.45) is 5.92 Å². The number of carbonyl (C=O) groups is 2. The van der Waals surface area contributed by atoms with Crippen LogP contribution in [0, 0.1) is 5.92 Å². The molecule has 7 nitrogen and oxygen atoms in total. The third-order valence-corrected chi connectivity index (χ3v) is 5.35. The molecule has 3 rings (SSSR count). The van der Waals surface area contributed by atoms with Crippen LogP contribution in [0.25, 0.3) is 0 Å². The Morgan fingerprint density at radius 1 is 1.30 bits per heavy atom. The molecule has 2 aliphatic rings. The van der Waals surface area contributed by atoms with Gasteiger partial charge in [-0.2, -0.15) is 5.10 Å². The molecular formula is C19H32ClN5O2.